The lowest BCUT2D eigenvalue weighted by Gasteiger charge is -2.04. The number of nitrogens with two attached hydrogens (primary N) is 1. The molecule has 0 fully saturated rings. The summed E-state index contributed by atoms with van der Waals surface area (Å²) in [7, 11) is 0. The van der Waals surface area contributed by atoms with E-state index in [1.165, 1.54) is 12.0 Å². The van der Waals surface area contributed by atoms with E-state index in [4.69, 9.17) is 5.73 Å². The Balaban J connectivity index is 1.72. The normalized spacial score (nSPS) is 12.5. The number of rotatable bonds is 7. The van der Waals surface area contributed by atoms with Gasteiger partial charge in [-0.25, -0.2) is 0 Å². The molecule has 0 aliphatic heterocycles. The molecule has 19 heavy (non-hydrogen) atoms. The van der Waals surface area contributed by atoms with Crippen LogP contribution in [0.2, 0.25) is 0 Å². The Bertz CT molecular complexity index is 476. The maximum Gasteiger partial charge on any atom is 0.0537 e. The van der Waals surface area contributed by atoms with Crippen molar-refractivity contribution in [2.45, 2.75) is 45.2 Å². The van der Waals surface area contributed by atoms with E-state index in [1.807, 2.05) is 10.9 Å². The SMILES string of the molecule is CCC(N)c1cnn(CCCCc2ccccc2)c1. The highest BCUT2D eigenvalue weighted by Crippen LogP contribution is 2.12. The van der Waals surface area contributed by atoms with E-state index in [9.17, 15) is 0 Å². The number of unbranched alkanes of at least 4 members (excludes halogenated alkanes) is 1. The minimum absolute atomic E-state index is 0.123. The van der Waals surface area contributed by atoms with Crippen molar-refractivity contribution in [3.05, 3.63) is 53.9 Å². The van der Waals surface area contributed by atoms with Gasteiger partial charge in [0, 0.05) is 24.3 Å². The molecular weight excluding hydrogens is 234 g/mol. The summed E-state index contributed by atoms with van der Waals surface area (Å²) in [5, 5.41) is 4.37. The summed E-state index contributed by atoms with van der Waals surface area (Å²) >= 11 is 0. The highest BCUT2D eigenvalue weighted by molar-refractivity contribution is 5.14. The first-order chi connectivity index (χ1) is 9.29. The molecular formula is C16H23N3. The van der Waals surface area contributed by atoms with Crippen LogP contribution in [-0.4, -0.2) is 9.78 Å². The number of hydrogen-bond acceptors (Lipinski definition) is 2. The zero-order valence-electron chi connectivity index (χ0n) is 11.6. The van der Waals surface area contributed by atoms with Crippen LogP contribution in [0, 0.1) is 0 Å². The van der Waals surface area contributed by atoms with Gasteiger partial charge in [0.25, 0.3) is 0 Å². The van der Waals surface area contributed by atoms with E-state index in [0.717, 1.165) is 31.4 Å². The summed E-state index contributed by atoms with van der Waals surface area (Å²) < 4.78 is 2.01. The first kappa shape index (κ1) is 13.8. The van der Waals surface area contributed by atoms with Gasteiger partial charge in [-0.05, 0) is 31.2 Å². The molecule has 2 N–H and O–H groups in total. The second-order valence-corrected chi connectivity index (χ2v) is 4.99. The molecule has 1 aromatic carbocycles. The summed E-state index contributed by atoms with van der Waals surface area (Å²) in [4.78, 5) is 0. The lowest BCUT2D eigenvalue weighted by atomic mass is 10.1. The van der Waals surface area contributed by atoms with Crippen molar-refractivity contribution in [1.29, 1.82) is 0 Å². The Kier molecular flexibility index (Phi) is 5.16. The van der Waals surface area contributed by atoms with Crippen LogP contribution in [-0.2, 0) is 13.0 Å². The number of aromatic nitrogens is 2. The number of nitrogens with zero attached hydrogens (tertiary/aromatic N) is 2. The van der Waals surface area contributed by atoms with Gasteiger partial charge in [-0.3, -0.25) is 4.68 Å². The monoisotopic (exact) mass is 257 g/mol. The molecule has 1 aromatic heterocycles. The Morgan fingerprint density at radius 3 is 2.74 bits per heavy atom. The average molecular weight is 257 g/mol. The van der Waals surface area contributed by atoms with E-state index in [0.29, 0.717) is 0 Å². The highest BCUT2D eigenvalue weighted by Gasteiger charge is 2.05. The van der Waals surface area contributed by atoms with E-state index >= 15 is 0 Å². The Labute approximate surface area is 115 Å². The second-order valence-electron chi connectivity index (χ2n) is 4.99. The molecule has 0 bridgehead atoms. The molecule has 1 heterocycles. The van der Waals surface area contributed by atoms with Gasteiger partial charge in [-0.2, -0.15) is 5.10 Å². The molecule has 0 saturated heterocycles. The fourth-order valence-corrected chi connectivity index (χ4v) is 2.18. The van der Waals surface area contributed by atoms with Gasteiger partial charge in [-0.1, -0.05) is 37.3 Å². The lowest BCUT2D eigenvalue weighted by Crippen LogP contribution is -2.07. The summed E-state index contributed by atoms with van der Waals surface area (Å²) in [5.41, 5.74) is 8.54. The van der Waals surface area contributed by atoms with E-state index in [2.05, 4.69) is 48.6 Å². The Morgan fingerprint density at radius 1 is 1.21 bits per heavy atom. The first-order valence-corrected chi connectivity index (χ1v) is 7.11. The van der Waals surface area contributed by atoms with Gasteiger partial charge in [-0.15, -0.1) is 0 Å². The summed E-state index contributed by atoms with van der Waals surface area (Å²) in [5.74, 6) is 0. The van der Waals surface area contributed by atoms with Crippen LogP contribution in [0.1, 0.15) is 43.4 Å². The fourth-order valence-electron chi connectivity index (χ4n) is 2.18. The van der Waals surface area contributed by atoms with Crippen LogP contribution in [0.15, 0.2) is 42.7 Å². The molecule has 3 heteroatoms. The van der Waals surface area contributed by atoms with Crippen LogP contribution in [0.25, 0.3) is 0 Å². The molecule has 0 amide bonds. The Hall–Kier alpha value is -1.61. The second kappa shape index (κ2) is 7.10. The quantitative estimate of drug-likeness (QED) is 0.773. The summed E-state index contributed by atoms with van der Waals surface area (Å²) in [6.45, 7) is 3.07. The molecule has 2 aromatic rings. The molecule has 0 saturated carbocycles. The third kappa shape index (κ3) is 4.21. The highest BCUT2D eigenvalue weighted by atomic mass is 15.3. The maximum atomic E-state index is 5.99. The van der Waals surface area contributed by atoms with Gasteiger partial charge in [0.15, 0.2) is 0 Å². The van der Waals surface area contributed by atoms with Crippen molar-refractivity contribution < 1.29 is 0 Å². The van der Waals surface area contributed by atoms with Gasteiger partial charge in [0.2, 0.25) is 0 Å². The zero-order valence-corrected chi connectivity index (χ0v) is 11.6. The van der Waals surface area contributed by atoms with Gasteiger partial charge >= 0.3 is 0 Å². The molecule has 1 unspecified atom stereocenters. The summed E-state index contributed by atoms with van der Waals surface area (Å²) in [6.07, 6.45) is 8.42. The topological polar surface area (TPSA) is 43.8 Å². The van der Waals surface area contributed by atoms with Crippen LogP contribution in [0.3, 0.4) is 0 Å². The summed E-state index contributed by atoms with van der Waals surface area (Å²) in [6, 6.07) is 10.8. The standard InChI is InChI=1S/C16H23N3/c1-2-16(17)15-12-18-19(13-15)11-7-6-10-14-8-4-3-5-9-14/h3-5,8-9,12-13,16H,2,6-7,10-11,17H2,1H3. The predicted octanol–water partition coefficient (Wildman–Crippen LogP) is 3.32. The zero-order chi connectivity index (χ0) is 13.5. The fraction of sp³-hybridized carbons (Fsp3) is 0.438. The predicted molar refractivity (Wildman–Crippen MR) is 78.8 cm³/mol. The molecule has 1 atom stereocenters. The maximum absolute atomic E-state index is 5.99. The first-order valence-electron chi connectivity index (χ1n) is 7.11. The third-order valence-electron chi connectivity index (χ3n) is 3.47. The van der Waals surface area contributed by atoms with Crippen molar-refractivity contribution >= 4 is 0 Å². The average Bonchev–Trinajstić information content (AvgIpc) is 2.93. The molecule has 0 aliphatic rings. The van der Waals surface area contributed by atoms with Crippen molar-refractivity contribution in [2.24, 2.45) is 5.73 Å². The van der Waals surface area contributed by atoms with E-state index in [-0.39, 0.29) is 6.04 Å². The van der Waals surface area contributed by atoms with Crippen molar-refractivity contribution in [2.75, 3.05) is 0 Å². The van der Waals surface area contributed by atoms with Crippen LogP contribution in [0.5, 0.6) is 0 Å². The molecule has 2 rings (SSSR count). The lowest BCUT2D eigenvalue weighted by molar-refractivity contribution is 0.556. The van der Waals surface area contributed by atoms with Gasteiger partial charge < -0.3 is 5.73 Å². The van der Waals surface area contributed by atoms with Crippen molar-refractivity contribution in [1.82, 2.24) is 9.78 Å². The minimum atomic E-state index is 0.123. The minimum Gasteiger partial charge on any atom is -0.324 e. The largest absolute Gasteiger partial charge is 0.324 e. The molecule has 0 radical (unpaired) electrons. The van der Waals surface area contributed by atoms with Gasteiger partial charge in [0.1, 0.15) is 0 Å². The van der Waals surface area contributed by atoms with Crippen LogP contribution >= 0.6 is 0 Å². The molecule has 0 aliphatic carbocycles. The third-order valence-corrected chi connectivity index (χ3v) is 3.47. The Morgan fingerprint density at radius 2 is 2.00 bits per heavy atom. The number of benzene rings is 1. The smallest absolute Gasteiger partial charge is 0.0537 e. The van der Waals surface area contributed by atoms with Crippen LogP contribution in [0.4, 0.5) is 0 Å². The van der Waals surface area contributed by atoms with Crippen molar-refractivity contribution in [3.8, 4) is 0 Å². The molecule has 102 valence electrons. The molecule has 0 spiro atoms. The molecule has 3 nitrogen and oxygen atoms in total. The van der Waals surface area contributed by atoms with Crippen LogP contribution < -0.4 is 5.73 Å². The van der Waals surface area contributed by atoms with E-state index < -0.39 is 0 Å². The van der Waals surface area contributed by atoms with E-state index in [1.54, 1.807) is 0 Å². The van der Waals surface area contributed by atoms with Gasteiger partial charge in [0.05, 0.1) is 6.20 Å². The van der Waals surface area contributed by atoms with Crippen molar-refractivity contribution in [3.63, 3.8) is 0 Å². The number of aryl methyl sites for hydroxylation is 2. The number of hydrogen-bond donors (Lipinski definition) is 1.